The largest absolute Gasteiger partial charge is 0.340 e. The lowest BCUT2D eigenvalue weighted by atomic mass is 10.0. The summed E-state index contributed by atoms with van der Waals surface area (Å²) in [4.78, 5) is 23.8. The topological polar surface area (TPSA) is 86.4 Å². The number of nitrogens with one attached hydrogen (secondary N) is 1. The molecular weight excluding hydrogens is 472 g/mol. The summed E-state index contributed by atoms with van der Waals surface area (Å²) in [5.41, 5.74) is 2.18. The molecule has 1 atom stereocenters. The minimum atomic E-state index is -3.72. The maximum atomic E-state index is 13.8. The van der Waals surface area contributed by atoms with E-state index in [1.807, 2.05) is 66.7 Å². The molecule has 5 aromatic rings. The molecule has 7 nitrogen and oxygen atoms in total. The average Bonchev–Trinajstić information content (AvgIpc) is 3.37. The van der Waals surface area contributed by atoms with Gasteiger partial charge in [0, 0.05) is 25.2 Å². The van der Waals surface area contributed by atoms with Crippen molar-refractivity contribution in [1.29, 1.82) is 0 Å². The van der Waals surface area contributed by atoms with Gasteiger partial charge >= 0.3 is 0 Å². The summed E-state index contributed by atoms with van der Waals surface area (Å²) in [5.74, 6) is 0.418. The van der Waals surface area contributed by atoms with Crippen LogP contribution in [0.15, 0.2) is 102 Å². The molecule has 1 aliphatic rings. The van der Waals surface area contributed by atoms with Crippen LogP contribution in [0, 0.1) is 0 Å². The van der Waals surface area contributed by atoms with E-state index in [-0.39, 0.29) is 30.4 Å². The van der Waals surface area contributed by atoms with E-state index in [1.54, 1.807) is 35.2 Å². The Bertz CT molecular complexity index is 1650. The van der Waals surface area contributed by atoms with E-state index >= 15 is 0 Å². The highest BCUT2D eigenvalue weighted by molar-refractivity contribution is 7.89. The average molecular weight is 497 g/mol. The van der Waals surface area contributed by atoms with Crippen LogP contribution in [0.3, 0.4) is 0 Å². The van der Waals surface area contributed by atoms with Crippen molar-refractivity contribution in [2.24, 2.45) is 0 Å². The molecule has 180 valence electrons. The zero-order chi connectivity index (χ0) is 24.7. The van der Waals surface area contributed by atoms with Crippen LogP contribution in [0.4, 0.5) is 0 Å². The number of carbonyl (C=O) groups is 1. The molecule has 6 rings (SSSR count). The van der Waals surface area contributed by atoms with Gasteiger partial charge in [-0.15, -0.1) is 0 Å². The SMILES string of the molecule is O=C(c1ccc2ccccc2c1)N1CCN(S(=O)(=O)c2ccccc2)CC1c1nc2ccccc2[nH]1. The summed E-state index contributed by atoms with van der Waals surface area (Å²) in [6, 6.07) is 29.0. The van der Waals surface area contributed by atoms with Crippen molar-refractivity contribution < 1.29 is 13.2 Å². The van der Waals surface area contributed by atoms with Gasteiger partial charge in [-0.2, -0.15) is 4.31 Å². The number of fused-ring (bicyclic) bond motifs is 2. The quantitative estimate of drug-likeness (QED) is 0.394. The third kappa shape index (κ3) is 3.94. The first-order chi connectivity index (χ1) is 17.5. The van der Waals surface area contributed by atoms with Gasteiger partial charge in [-0.1, -0.05) is 60.7 Å². The first kappa shape index (κ1) is 22.5. The molecule has 0 bridgehead atoms. The number of rotatable bonds is 4. The molecule has 2 heterocycles. The van der Waals surface area contributed by atoms with Gasteiger partial charge in [0.25, 0.3) is 5.91 Å². The number of sulfonamides is 1. The van der Waals surface area contributed by atoms with E-state index in [9.17, 15) is 13.2 Å². The molecule has 1 amide bonds. The Hall–Kier alpha value is -4.01. The highest BCUT2D eigenvalue weighted by Gasteiger charge is 2.38. The number of aromatic amines is 1. The Morgan fingerprint density at radius 1 is 0.833 bits per heavy atom. The molecule has 4 aromatic carbocycles. The van der Waals surface area contributed by atoms with Gasteiger partial charge in [0.05, 0.1) is 15.9 Å². The normalized spacial score (nSPS) is 17.0. The maximum Gasteiger partial charge on any atom is 0.254 e. The zero-order valence-electron chi connectivity index (χ0n) is 19.4. The Balaban J connectivity index is 1.39. The van der Waals surface area contributed by atoms with Gasteiger partial charge in [-0.3, -0.25) is 4.79 Å². The van der Waals surface area contributed by atoms with Gasteiger partial charge < -0.3 is 9.88 Å². The Morgan fingerprint density at radius 2 is 1.56 bits per heavy atom. The van der Waals surface area contributed by atoms with Crippen molar-refractivity contribution in [2.45, 2.75) is 10.9 Å². The van der Waals surface area contributed by atoms with E-state index < -0.39 is 16.1 Å². The Morgan fingerprint density at radius 3 is 2.36 bits per heavy atom. The fraction of sp³-hybridized carbons (Fsp3) is 0.143. The summed E-state index contributed by atoms with van der Waals surface area (Å²) in [5, 5.41) is 2.04. The van der Waals surface area contributed by atoms with Crippen LogP contribution in [0.25, 0.3) is 21.8 Å². The van der Waals surface area contributed by atoms with Crippen molar-refractivity contribution in [3.05, 3.63) is 108 Å². The first-order valence-corrected chi connectivity index (χ1v) is 13.2. The zero-order valence-corrected chi connectivity index (χ0v) is 20.2. The number of benzene rings is 4. The van der Waals surface area contributed by atoms with Crippen molar-refractivity contribution in [3.63, 3.8) is 0 Å². The number of nitrogens with zero attached hydrogens (tertiary/aromatic N) is 3. The monoisotopic (exact) mass is 496 g/mol. The van der Waals surface area contributed by atoms with Crippen molar-refractivity contribution in [2.75, 3.05) is 19.6 Å². The standard InChI is InChI=1S/C28H24N4O3S/c33-28(22-15-14-20-8-4-5-9-21(20)18-22)32-17-16-31(36(34,35)23-10-2-1-3-11-23)19-26(32)27-29-24-12-6-7-13-25(24)30-27/h1-15,18,26H,16-17,19H2,(H,29,30). The fourth-order valence-electron chi connectivity index (χ4n) is 4.81. The minimum Gasteiger partial charge on any atom is -0.340 e. The number of para-hydroxylation sites is 2. The number of imidazole rings is 1. The molecule has 8 heteroatoms. The molecule has 1 unspecified atom stereocenters. The molecule has 1 N–H and O–H groups in total. The lowest BCUT2D eigenvalue weighted by Crippen LogP contribution is -2.52. The highest BCUT2D eigenvalue weighted by Crippen LogP contribution is 2.30. The van der Waals surface area contributed by atoms with Crippen LogP contribution in [0.1, 0.15) is 22.2 Å². The van der Waals surface area contributed by atoms with Gasteiger partial charge in [-0.05, 0) is 47.2 Å². The second-order valence-electron chi connectivity index (χ2n) is 8.89. The second-order valence-corrected chi connectivity index (χ2v) is 10.8. The van der Waals surface area contributed by atoms with Crippen LogP contribution < -0.4 is 0 Å². The maximum absolute atomic E-state index is 13.8. The number of H-pyrrole nitrogens is 1. The molecule has 0 saturated carbocycles. The third-order valence-corrected chi connectivity index (χ3v) is 8.58. The van der Waals surface area contributed by atoms with Crippen LogP contribution in [-0.2, 0) is 10.0 Å². The summed E-state index contributed by atoms with van der Waals surface area (Å²) in [7, 11) is -3.72. The van der Waals surface area contributed by atoms with E-state index in [1.165, 1.54) is 4.31 Å². The Labute approximate surface area is 209 Å². The van der Waals surface area contributed by atoms with Gasteiger partial charge in [0.1, 0.15) is 11.9 Å². The van der Waals surface area contributed by atoms with E-state index in [0.717, 1.165) is 21.8 Å². The predicted molar refractivity (Wildman–Crippen MR) is 139 cm³/mol. The lowest BCUT2D eigenvalue weighted by Gasteiger charge is -2.40. The number of aromatic nitrogens is 2. The van der Waals surface area contributed by atoms with Crippen LogP contribution in [-0.4, -0.2) is 53.1 Å². The minimum absolute atomic E-state index is 0.108. The van der Waals surface area contributed by atoms with Gasteiger partial charge in [-0.25, -0.2) is 13.4 Å². The molecule has 1 fully saturated rings. The van der Waals surface area contributed by atoms with E-state index in [4.69, 9.17) is 4.98 Å². The second kappa shape index (κ2) is 8.89. The van der Waals surface area contributed by atoms with Crippen LogP contribution >= 0.6 is 0 Å². The Kier molecular flexibility index (Phi) is 5.55. The number of carbonyl (C=O) groups excluding carboxylic acids is 1. The number of piperazine rings is 1. The van der Waals surface area contributed by atoms with Crippen molar-refractivity contribution in [1.82, 2.24) is 19.2 Å². The predicted octanol–water partition coefficient (Wildman–Crippen LogP) is 4.60. The van der Waals surface area contributed by atoms with Crippen LogP contribution in [0.2, 0.25) is 0 Å². The van der Waals surface area contributed by atoms with Crippen molar-refractivity contribution >= 4 is 37.7 Å². The molecule has 0 radical (unpaired) electrons. The number of hydrogen-bond donors (Lipinski definition) is 1. The molecule has 1 saturated heterocycles. The molecule has 1 aliphatic heterocycles. The summed E-state index contributed by atoms with van der Waals surface area (Å²) < 4.78 is 28.3. The summed E-state index contributed by atoms with van der Waals surface area (Å²) in [6.07, 6.45) is 0. The first-order valence-electron chi connectivity index (χ1n) is 11.8. The summed E-state index contributed by atoms with van der Waals surface area (Å²) >= 11 is 0. The fourth-order valence-corrected chi connectivity index (χ4v) is 6.27. The van der Waals surface area contributed by atoms with Gasteiger partial charge in [0.2, 0.25) is 10.0 Å². The third-order valence-electron chi connectivity index (χ3n) is 6.70. The number of hydrogen-bond acceptors (Lipinski definition) is 4. The van der Waals surface area contributed by atoms with Crippen molar-refractivity contribution in [3.8, 4) is 0 Å². The lowest BCUT2D eigenvalue weighted by molar-refractivity contribution is 0.0550. The van der Waals surface area contributed by atoms with E-state index in [0.29, 0.717) is 11.4 Å². The molecular formula is C28H24N4O3S. The van der Waals surface area contributed by atoms with Crippen LogP contribution in [0.5, 0.6) is 0 Å². The highest BCUT2D eigenvalue weighted by atomic mass is 32.2. The smallest absolute Gasteiger partial charge is 0.254 e. The molecule has 1 aromatic heterocycles. The molecule has 0 aliphatic carbocycles. The van der Waals surface area contributed by atoms with Gasteiger partial charge in [0.15, 0.2) is 0 Å². The van der Waals surface area contributed by atoms with E-state index in [2.05, 4.69) is 4.98 Å². The number of amides is 1. The molecule has 0 spiro atoms. The molecule has 36 heavy (non-hydrogen) atoms. The summed E-state index contributed by atoms with van der Waals surface area (Å²) in [6.45, 7) is 0.559.